The van der Waals surface area contributed by atoms with E-state index in [1.165, 1.54) is 23.5 Å². The zero-order valence-corrected chi connectivity index (χ0v) is 14.5. The lowest BCUT2D eigenvalue weighted by Crippen LogP contribution is -2.39. The highest BCUT2D eigenvalue weighted by atomic mass is 32.1. The molecule has 25 heavy (non-hydrogen) atoms. The van der Waals surface area contributed by atoms with Crippen LogP contribution in [0.2, 0.25) is 0 Å². The first-order valence-electron chi connectivity index (χ1n) is 8.07. The lowest BCUT2D eigenvalue weighted by atomic mass is 9.97. The Kier molecular flexibility index (Phi) is 5.31. The smallest absolute Gasteiger partial charge is 0.270 e. The average molecular weight is 358 g/mol. The van der Waals surface area contributed by atoms with Crippen molar-refractivity contribution in [3.05, 3.63) is 39.3 Å². The summed E-state index contributed by atoms with van der Waals surface area (Å²) in [6.45, 7) is 2.35. The Morgan fingerprint density at radius 3 is 2.84 bits per heavy atom. The third-order valence-electron chi connectivity index (χ3n) is 4.36. The summed E-state index contributed by atoms with van der Waals surface area (Å²) < 4.78 is 6.26. The minimum atomic E-state index is -0.425. The number of piperidine rings is 1. The molecule has 0 unspecified atom stereocenters. The van der Waals surface area contributed by atoms with Crippen molar-refractivity contribution in [2.45, 2.75) is 12.8 Å². The zero-order chi connectivity index (χ0) is 17.8. The molecule has 1 amide bonds. The molecule has 1 fully saturated rings. The van der Waals surface area contributed by atoms with E-state index >= 15 is 0 Å². The Morgan fingerprint density at radius 1 is 1.40 bits per heavy atom. The SMILES string of the molecule is C#CCOCC1CCN(C(=O)c2cc3cc([N+](=O)[O-])ccc3s2)CC1. The molecule has 2 heterocycles. The lowest BCUT2D eigenvalue weighted by molar-refractivity contribution is -0.384. The number of thiophene rings is 1. The summed E-state index contributed by atoms with van der Waals surface area (Å²) in [5, 5.41) is 11.6. The first-order chi connectivity index (χ1) is 12.1. The molecule has 1 saturated heterocycles. The molecular formula is C18H18N2O4S. The number of benzene rings is 1. The van der Waals surface area contributed by atoms with E-state index in [1.807, 2.05) is 4.90 Å². The molecule has 130 valence electrons. The molecule has 0 atom stereocenters. The summed E-state index contributed by atoms with van der Waals surface area (Å²) in [6.07, 6.45) is 6.96. The predicted molar refractivity (Wildman–Crippen MR) is 96.8 cm³/mol. The Bertz CT molecular complexity index is 831. The number of carbonyl (C=O) groups excluding carboxylic acids is 1. The third kappa shape index (κ3) is 3.98. The van der Waals surface area contributed by atoms with Crippen LogP contribution < -0.4 is 0 Å². The summed E-state index contributed by atoms with van der Waals surface area (Å²) in [5.74, 6) is 2.88. The van der Waals surface area contributed by atoms with E-state index in [0.717, 1.165) is 22.9 Å². The molecule has 6 nitrogen and oxygen atoms in total. The second-order valence-electron chi connectivity index (χ2n) is 6.04. The molecular weight excluding hydrogens is 340 g/mol. The number of terminal acetylenes is 1. The standard InChI is InChI=1S/C18H18N2O4S/c1-2-9-24-12-13-5-7-19(8-6-13)18(21)17-11-14-10-15(20(22)23)3-4-16(14)25-17/h1,3-4,10-11,13H,5-9,12H2. The summed E-state index contributed by atoms with van der Waals surface area (Å²) in [6, 6.07) is 6.42. The minimum absolute atomic E-state index is 0.00755. The number of hydrogen-bond acceptors (Lipinski definition) is 5. The number of likely N-dealkylation sites (tertiary alicyclic amines) is 1. The van der Waals surface area contributed by atoms with Gasteiger partial charge in [-0.25, -0.2) is 0 Å². The van der Waals surface area contributed by atoms with Gasteiger partial charge in [-0.2, -0.15) is 0 Å². The van der Waals surface area contributed by atoms with E-state index in [2.05, 4.69) is 5.92 Å². The highest BCUT2D eigenvalue weighted by Gasteiger charge is 2.25. The molecule has 0 radical (unpaired) electrons. The molecule has 1 aliphatic heterocycles. The van der Waals surface area contributed by atoms with Crippen LogP contribution in [0.25, 0.3) is 10.1 Å². The van der Waals surface area contributed by atoms with Gasteiger partial charge in [-0.15, -0.1) is 17.8 Å². The van der Waals surface area contributed by atoms with E-state index in [1.54, 1.807) is 12.1 Å². The molecule has 0 spiro atoms. The fourth-order valence-electron chi connectivity index (χ4n) is 2.99. The van der Waals surface area contributed by atoms with Crippen molar-refractivity contribution in [2.75, 3.05) is 26.3 Å². The first kappa shape index (κ1) is 17.4. The number of nitro benzene ring substituents is 1. The van der Waals surface area contributed by atoms with Crippen molar-refractivity contribution < 1.29 is 14.5 Å². The lowest BCUT2D eigenvalue weighted by Gasteiger charge is -2.31. The quantitative estimate of drug-likeness (QED) is 0.356. The zero-order valence-electron chi connectivity index (χ0n) is 13.6. The maximum absolute atomic E-state index is 12.7. The van der Waals surface area contributed by atoms with Gasteiger partial charge in [0.2, 0.25) is 0 Å². The topological polar surface area (TPSA) is 72.7 Å². The molecule has 7 heteroatoms. The molecule has 0 bridgehead atoms. The molecule has 1 aromatic carbocycles. The van der Waals surface area contributed by atoms with E-state index in [0.29, 0.717) is 37.1 Å². The van der Waals surface area contributed by atoms with Crippen LogP contribution in [-0.2, 0) is 4.74 Å². The summed E-state index contributed by atoms with van der Waals surface area (Å²) in [4.78, 5) is 25.6. The number of ether oxygens (including phenoxy) is 1. The van der Waals surface area contributed by atoms with Gasteiger partial charge in [-0.1, -0.05) is 5.92 Å². The fraction of sp³-hybridized carbons (Fsp3) is 0.389. The molecule has 3 rings (SSSR count). The number of rotatable bonds is 5. The van der Waals surface area contributed by atoms with Crippen LogP contribution in [0.4, 0.5) is 5.69 Å². The van der Waals surface area contributed by atoms with E-state index in [4.69, 9.17) is 11.2 Å². The Morgan fingerprint density at radius 2 is 2.16 bits per heavy atom. The third-order valence-corrected chi connectivity index (χ3v) is 5.47. The van der Waals surface area contributed by atoms with Crippen molar-refractivity contribution in [2.24, 2.45) is 5.92 Å². The molecule has 0 aliphatic carbocycles. The second kappa shape index (κ2) is 7.64. The van der Waals surface area contributed by atoms with Crippen LogP contribution in [-0.4, -0.2) is 42.0 Å². The maximum atomic E-state index is 12.7. The highest BCUT2D eigenvalue weighted by molar-refractivity contribution is 7.20. The van der Waals surface area contributed by atoms with Crippen molar-refractivity contribution in [3.63, 3.8) is 0 Å². The number of amides is 1. The monoisotopic (exact) mass is 358 g/mol. The Hall–Kier alpha value is -2.43. The van der Waals surface area contributed by atoms with Gasteiger partial charge in [-0.3, -0.25) is 14.9 Å². The Balaban J connectivity index is 1.65. The number of fused-ring (bicyclic) bond motifs is 1. The van der Waals surface area contributed by atoms with Gasteiger partial charge in [-0.05, 0) is 30.9 Å². The van der Waals surface area contributed by atoms with Crippen molar-refractivity contribution >= 4 is 33.0 Å². The maximum Gasteiger partial charge on any atom is 0.270 e. The van der Waals surface area contributed by atoms with Crippen molar-refractivity contribution in [1.29, 1.82) is 0 Å². The van der Waals surface area contributed by atoms with Crippen molar-refractivity contribution in [1.82, 2.24) is 4.90 Å². The van der Waals surface area contributed by atoms with Gasteiger partial charge in [0.1, 0.15) is 6.61 Å². The number of hydrogen-bond donors (Lipinski definition) is 0. The molecule has 1 aromatic heterocycles. The Labute approximate surface area is 149 Å². The van der Waals surface area contributed by atoms with Gasteiger partial charge < -0.3 is 9.64 Å². The van der Waals surface area contributed by atoms with Crippen LogP contribution in [0.15, 0.2) is 24.3 Å². The van der Waals surface area contributed by atoms with Crippen LogP contribution >= 0.6 is 11.3 Å². The molecule has 0 saturated carbocycles. The number of nitrogens with zero attached hydrogens (tertiary/aromatic N) is 2. The minimum Gasteiger partial charge on any atom is -0.369 e. The summed E-state index contributed by atoms with van der Waals surface area (Å²) in [7, 11) is 0. The van der Waals surface area contributed by atoms with Gasteiger partial charge >= 0.3 is 0 Å². The van der Waals surface area contributed by atoms with E-state index in [9.17, 15) is 14.9 Å². The molecule has 1 aliphatic rings. The van der Waals surface area contributed by atoms with E-state index < -0.39 is 4.92 Å². The summed E-state index contributed by atoms with van der Waals surface area (Å²) in [5.41, 5.74) is 0.0390. The van der Waals surface area contributed by atoms with E-state index in [-0.39, 0.29) is 11.6 Å². The fourth-order valence-corrected chi connectivity index (χ4v) is 4.00. The van der Waals surface area contributed by atoms with Crippen LogP contribution in [0.1, 0.15) is 22.5 Å². The van der Waals surface area contributed by atoms with Crippen LogP contribution in [0.3, 0.4) is 0 Å². The number of nitro groups is 1. The summed E-state index contributed by atoms with van der Waals surface area (Å²) >= 11 is 1.38. The van der Waals surface area contributed by atoms with Gasteiger partial charge in [0, 0.05) is 35.3 Å². The van der Waals surface area contributed by atoms with Gasteiger partial charge in [0.05, 0.1) is 16.4 Å². The first-order valence-corrected chi connectivity index (χ1v) is 8.88. The highest BCUT2D eigenvalue weighted by Crippen LogP contribution is 2.30. The number of non-ortho nitro benzene ring substituents is 1. The second-order valence-corrected chi connectivity index (χ2v) is 7.13. The normalized spacial score (nSPS) is 15.2. The van der Waals surface area contributed by atoms with Crippen LogP contribution in [0.5, 0.6) is 0 Å². The average Bonchev–Trinajstić information content (AvgIpc) is 3.05. The largest absolute Gasteiger partial charge is 0.369 e. The van der Waals surface area contributed by atoms with Gasteiger partial charge in [0.15, 0.2) is 0 Å². The predicted octanol–water partition coefficient (Wildman–Crippen LogP) is 3.31. The molecule has 2 aromatic rings. The van der Waals surface area contributed by atoms with Gasteiger partial charge in [0.25, 0.3) is 11.6 Å². The molecule has 0 N–H and O–H groups in total. The number of carbonyl (C=O) groups is 1. The van der Waals surface area contributed by atoms with Crippen molar-refractivity contribution in [3.8, 4) is 12.3 Å². The van der Waals surface area contributed by atoms with Crippen LogP contribution in [0, 0.1) is 28.4 Å².